The van der Waals surface area contributed by atoms with Gasteiger partial charge in [0, 0.05) is 10.7 Å². The van der Waals surface area contributed by atoms with Crippen LogP contribution in [0.2, 0.25) is 5.02 Å². The van der Waals surface area contributed by atoms with Gasteiger partial charge in [0.2, 0.25) is 0 Å². The molecular weight excluding hydrogens is 324 g/mol. The third-order valence-corrected chi connectivity index (χ3v) is 4.11. The third-order valence-electron chi connectivity index (χ3n) is 3.70. The summed E-state index contributed by atoms with van der Waals surface area (Å²) in [5.41, 5.74) is 2.71. The van der Waals surface area contributed by atoms with Gasteiger partial charge < -0.3 is 15.4 Å². The number of carbonyl (C=O) groups excluding carboxylic acids is 1. The molecule has 128 valence electrons. The van der Waals surface area contributed by atoms with E-state index in [0.29, 0.717) is 29.8 Å². The number of para-hydroxylation sites is 1. The molecule has 0 bridgehead atoms. The van der Waals surface area contributed by atoms with Gasteiger partial charge in [-0.25, -0.2) is 4.79 Å². The van der Waals surface area contributed by atoms with Gasteiger partial charge >= 0.3 is 6.03 Å². The molecule has 4 nitrogen and oxygen atoms in total. The summed E-state index contributed by atoms with van der Waals surface area (Å²) in [5, 5.41) is 6.19. The monoisotopic (exact) mass is 346 g/mol. The molecule has 5 heteroatoms. The smallest absolute Gasteiger partial charge is 0.319 e. The van der Waals surface area contributed by atoms with E-state index in [1.807, 2.05) is 31.2 Å². The van der Waals surface area contributed by atoms with Crippen LogP contribution >= 0.6 is 11.6 Å². The first-order chi connectivity index (χ1) is 11.5. The number of carbonyl (C=O) groups is 1. The maximum Gasteiger partial charge on any atom is 0.319 e. The predicted octanol–water partition coefficient (Wildman–Crippen LogP) is 4.97. The minimum atomic E-state index is -0.277. The highest BCUT2D eigenvalue weighted by atomic mass is 35.5. The summed E-state index contributed by atoms with van der Waals surface area (Å²) >= 11 is 6.04. The number of urea groups is 1. The maximum absolute atomic E-state index is 11.9. The molecule has 0 saturated heterocycles. The van der Waals surface area contributed by atoms with Crippen LogP contribution in [0.25, 0.3) is 0 Å². The van der Waals surface area contributed by atoms with Crippen LogP contribution in [0.3, 0.4) is 0 Å². The molecule has 2 aromatic carbocycles. The molecule has 24 heavy (non-hydrogen) atoms. The maximum atomic E-state index is 11.9. The second-order valence-electron chi connectivity index (χ2n) is 5.83. The lowest BCUT2D eigenvalue weighted by molar-refractivity contribution is 0.247. The van der Waals surface area contributed by atoms with Crippen molar-refractivity contribution < 1.29 is 9.53 Å². The number of hydrogen-bond acceptors (Lipinski definition) is 2. The van der Waals surface area contributed by atoms with E-state index < -0.39 is 0 Å². The predicted molar refractivity (Wildman–Crippen MR) is 99.2 cm³/mol. The fourth-order valence-corrected chi connectivity index (χ4v) is 2.50. The van der Waals surface area contributed by atoms with Crippen molar-refractivity contribution in [2.75, 3.05) is 18.5 Å². The molecule has 0 heterocycles. The Bertz CT molecular complexity index is 702. The quantitative estimate of drug-likeness (QED) is 0.725. The third kappa shape index (κ3) is 4.90. The molecular formula is C19H23ClN2O2. The van der Waals surface area contributed by atoms with Crippen LogP contribution in [0, 0.1) is 6.92 Å². The lowest BCUT2D eigenvalue weighted by Gasteiger charge is -2.14. The molecule has 0 saturated carbocycles. The van der Waals surface area contributed by atoms with Gasteiger partial charge in [0.25, 0.3) is 0 Å². The summed E-state index contributed by atoms with van der Waals surface area (Å²) in [6.45, 7) is 6.94. The Labute approximate surface area is 148 Å². The number of halogens is 1. The average molecular weight is 347 g/mol. The Morgan fingerprint density at radius 2 is 1.92 bits per heavy atom. The van der Waals surface area contributed by atoms with Crippen molar-refractivity contribution in [2.45, 2.75) is 26.7 Å². The molecule has 0 aromatic heterocycles. The molecule has 2 aromatic rings. The van der Waals surface area contributed by atoms with Crippen molar-refractivity contribution in [1.82, 2.24) is 5.32 Å². The zero-order valence-electron chi connectivity index (χ0n) is 14.2. The lowest BCUT2D eigenvalue weighted by Crippen LogP contribution is -2.32. The molecule has 2 rings (SSSR count). The number of rotatable bonds is 6. The van der Waals surface area contributed by atoms with E-state index in [1.165, 1.54) is 0 Å². The first kappa shape index (κ1) is 18.1. The van der Waals surface area contributed by atoms with Crippen molar-refractivity contribution in [1.29, 1.82) is 0 Å². The van der Waals surface area contributed by atoms with E-state index in [2.05, 4.69) is 30.5 Å². The fourth-order valence-electron chi connectivity index (χ4n) is 2.32. The second-order valence-corrected chi connectivity index (χ2v) is 6.24. The molecule has 0 aliphatic carbocycles. The molecule has 0 atom stereocenters. The van der Waals surface area contributed by atoms with Crippen molar-refractivity contribution in [3.8, 4) is 5.75 Å². The summed E-state index contributed by atoms with van der Waals surface area (Å²) in [5.74, 6) is 1.25. The highest BCUT2D eigenvalue weighted by Gasteiger charge is 2.08. The van der Waals surface area contributed by atoms with Gasteiger partial charge in [-0.2, -0.15) is 0 Å². The van der Waals surface area contributed by atoms with E-state index >= 15 is 0 Å². The molecule has 2 N–H and O–H groups in total. The molecule has 0 fully saturated rings. The van der Waals surface area contributed by atoms with E-state index in [-0.39, 0.29) is 6.03 Å². The van der Waals surface area contributed by atoms with Gasteiger partial charge in [0.15, 0.2) is 0 Å². The van der Waals surface area contributed by atoms with E-state index in [9.17, 15) is 4.79 Å². The van der Waals surface area contributed by atoms with Gasteiger partial charge in [0.1, 0.15) is 12.4 Å². The normalized spacial score (nSPS) is 10.5. The zero-order valence-corrected chi connectivity index (χ0v) is 15.0. The number of hydrogen-bond donors (Lipinski definition) is 2. The lowest BCUT2D eigenvalue weighted by atomic mass is 10.0. The minimum absolute atomic E-state index is 0.277. The van der Waals surface area contributed by atoms with E-state index in [0.717, 1.165) is 16.9 Å². The number of nitrogens with one attached hydrogen (secondary N) is 2. The highest BCUT2D eigenvalue weighted by Crippen LogP contribution is 2.25. The van der Waals surface area contributed by atoms with E-state index in [1.54, 1.807) is 12.1 Å². The van der Waals surface area contributed by atoms with Crippen LogP contribution < -0.4 is 15.4 Å². The standard InChI is InChI=1S/C19H23ClN2O2/c1-13(2)15-7-4-5-10-18(15)24-12-11-21-19(23)22-17-9-6-8-16(20)14(17)3/h4-10,13H,11-12H2,1-3H3,(H2,21,22,23). The van der Waals surface area contributed by atoms with Crippen LogP contribution in [-0.4, -0.2) is 19.2 Å². The molecule has 0 aliphatic heterocycles. The van der Waals surface area contributed by atoms with Crippen LogP contribution in [-0.2, 0) is 0 Å². The summed E-state index contributed by atoms with van der Waals surface area (Å²) < 4.78 is 5.78. The summed E-state index contributed by atoms with van der Waals surface area (Å²) in [6, 6.07) is 13.1. The van der Waals surface area contributed by atoms with Crippen LogP contribution in [0.5, 0.6) is 5.75 Å². The number of ether oxygens (including phenoxy) is 1. The Morgan fingerprint density at radius 3 is 2.67 bits per heavy atom. The van der Waals surface area contributed by atoms with Crippen molar-refractivity contribution in [3.05, 3.63) is 58.6 Å². The van der Waals surface area contributed by atoms with Gasteiger partial charge in [-0.05, 0) is 42.2 Å². The summed E-state index contributed by atoms with van der Waals surface area (Å²) in [4.78, 5) is 11.9. The van der Waals surface area contributed by atoms with Gasteiger partial charge in [-0.1, -0.05) is 49.7 Å². The zero-order chi connectivity index (χ0) is 17.5. The molecule has 0 spiro atoms. The topological polar surface area (TPSA) is 50.4 Å². The van der Waals surface area contributed by atoms with Crippen molar-refractivity contribution in [2.24, 2.45) is 0 Å². The first-order valence-electron chi connectivity index (χ1n) is 8.00. The Hall–Kier alpha value is -2.20. The molecule has 0 aliphatic rings. The molecule has 0 radical (unpaired) electrons. The van der Waals surface area contributed by atoms with Crippen molar-refractivity contribution >= 4 is 23.3 Å². The number of amides is 2. The van der Waals surface area contributed by atoms with Crippen molar-refractivity contribution in [3.63, 3.8) is 0 Å². The summed E-state index contributed by atoms with van der Waals surface area (Å²) in [7, 11) is 0. The number of benzene rings is 2. The SMILES string of the molecule is Cc1c(Cl)cccc1NC(=O)NCCOc1ccccc1C(C)C. The average Bonchev–Trinajstić information content (AvgIpc) is 2.56. The van der Waals surface area contributed by atoms with Crippen LogP contribution in [0.4, 0.5) is 10.5 Å². The first-order valence-corrected chi connectivity index (χ1v) is 8.38. The summed E-state index contributed by atoms with van der Waals surface area (Å²) in [6.07, 6.45) is 0. The Balaban J connectivity index is 1.80. The number of anilines is 1. The van der Waals surface area contributed by atoms with Gasteiger partial charge in [-0.3, -0.25) is 0 Å². The minimum Gasteiger partial charge on any atom is -0.491 e. The Kier molecular flexibility index (Phi) is 6.50. The highest BCUT2D eigenvalue weighted by molar-refractivity contribution is 6.31. The van der Waals surface area contributed by atoms with Gasteiger partial charge in [-0.15, -0.1) is 0 Å². The van der Waals surface area contributed by atoms with Gasteiger partial charge in [0.05, 0.1) is 6.54 Å². The fraction of sp³-hybridized carbons (Fsp3) is 0.316. The second kappa shape index (κ2) is 8.60. The van der Waals surface area contributed by atoms with Crippen LogP contribution in [0.1, 0.15) is 30.9 Å². The molecule has 2 amide bonds. The largest absolute Gasteiger partial charge is 0.491 e. The molecule has 0 unspecified atom stereocenters. The van der Waals surface area contributed by atoms with E-state index in [4.69, 9.17) is 16.3 Å². The van der Waals surface area contributed by atoms with Crippen LogP contribution in [0.15, 0.2) is 42.5 Å². The Morgan fingerprint density at radius 1 is 1.17 bits per heavy atom.